The predicted octanol–water partition coefficient (Wildman–Crippen LogP) is 11.1. The van der Waals surface area contributed by atoms with Crippen molar-refractivity contribution in [2.45, 2.75) is 200 Å². The molecule has 2 atom stereocenters. The van der Waals surface area contributed by atoms with Crippen LogP contribution >= 0.6 is 0 Å². The van der Waals surface area contributed by atoms with E-state index in [2.05, 4.69) is 27.7 Å². The van der Waals surface area contributed by atoms with Crippen molar-refractivity contribution in [2.24, 2.45) is 5.92 Å². The Kier molecular flexibility index (Phi) is 30.0. The van der Waals surface area contributed by atoms with Gasteiger partial charge in [-0.15, -0.1) is 0 Å². The maximum Gasteiger partial charge on any atom is 0.508 e. The number of rotatable bonds is 33. The van der Waals surface area contributed by atoms with Crippen molar-refractivity contribution < 1.29 is 33.3 Å². The number of hydrogen-bond acceptors (Lipinski definition) is 8. The van der Waals surface area contributed by atoms with Crippen molar-refractivity contribution >= 4 is 18.1 Å². The zero-order valence-electron chi connectivity index (χ0n) is 32.3. The van der Waals surface area contributed by atoms with Crippen molar-refractivity contribution in [1.29, 1.82) is 0 Å². The Morgan fingerprint density at radius 2 is 1.04 bits per heavy atom. The average molecular weight is 683 g/mol. The lowest BCUT2D eigenvalue weighted by molar-refractivity contribution is -0.215. The Balaban J connectivity index is 5.71. The van der Waals surface area contributed by atoms with Gasteiger partial charge in [-0.2, -0.15) is 0 Å². The summed E-state index contributed by atoms with van der Waals surface area (Å²) in [5, 5.41) is 0. The molecule has 48 heavy (non-hydrogen) atoms. The first-order chi connectivity index (χ1) is 23.1. The molecule has 283 valence electrons. The molecule has 0 aromatic carbocycles. The van der Waals surface area contributed by atoms with Crippen LogP contribution in [0, 0.1) is 12.8 Å². The molecule has 2 unspecified atom stereocenters. The van der Waals surface area contributed by atoms with E-state index in [1.165, 1.54) is 44.9 Å². The van der Waals surface area contributed by atoms with Crippen molar-refractivity contribution in [2.75, 3.05) is 27.2 Å². The van der Waals surface area contributed by atoms with Gasteiger partial charge in [0.1, 0.15) is 5.60 Å². The molecule has 0 aromatic heterocycles. The van der Waals surface area contributed by atoms with Crippen LogP contribution in [0.4, 0.5) is 4.79 Å². The van der Waals surface area contributed by atoms with E-state index >= 15 is 0 Å². The predicted molar refractivity (Wildman–Crippen MR) is 197 cm³/mol. The molecule has 0 saturated heterocycles. The van der Waals surface area contributed by atoms with Crippen molar-refractivity contribution in [3.63, 3.8) is 0 Å². The van der Waals surface area contributed by atoms with E-state index in [-0.39, 0.29) is 25.9 Å². The summed E-state index contributed by atoms with van der Waals surface area (Å²) in [6.07, 6.45) is 21.8. The van der Waals surface area contributed by atoms with Crippen LogP contribution in [-0.2, 0) is 28.5 Å². The molecule has 8 heteroatoms. The second kappa shape index (κ2) is 31.2. The maximum atomic E-state index is 13.1. The minimum absolute atomic E-state index is 0.234. The summed E-state index contributed by atoms with van der Waals surface area (Å²) in [6.45, 7) is 13.6. The van der Waals surface area contributed by atoms with E-state index in [0.29, 0.717) is 12.8 Å². The molecular weight excluding hydrogens is 606 g/mol. The SMILES string of the molecule is [CH2]CC(CCCCCCCCCCCC)(OC(=O)OCCCN(C)C)C(C)C(OC(=O)CCCCCCC)OC(=O)CCCCCCC. The highest BCUT2D eigenvalue weighted by Gasteiger charge is 2.46. The molecule has 0 aliphatic rings. The van der Waals surface area contributed by atoms with Gasteiger partial charge in [0.15, 0.2) is 0 Å². The average Bonchev–Trinajstić information content (AvgIpc) is 3.06. The fraction of sp³-hybridized carbons (Fsp3) is 0.900. The van der Waals surface area contributed by atoms with Crippen molar-refractivity contribution in [1.82, 2.24) is 4.90 Å². The van der Waals surface area contributed by atoms with Crippen LogP contribution in [0.25, 0.3) is 0 Å². The van der Waals surface area contributed by atoms with Crippen molar-refractivity contribution in [3.05, 3.63) is 6.92 Å². The van der Waals surface area contributed by atoms with Gasteiger partial charge in [0, 0.05) is 19.4 Å². The number of carbonyl (C=O) groups is 3. The number of ether oxygens (including phenoxy) is 4. The Morgan fingerprint density at radius 3 is 1.46 bits per heavy atom. The van der Waals surface area contributed by atoms with E-state index in [0.717, 1.165) is 90.0 Å². The minimum Gasteiger partial charge on any atom is -0.434 e. The number of hydrogen-bond donors (Lipinski definition) is 0. The third-order valence-electron chi connectivity index (χ3n) is 9.34. The van der Waals surface area contributed by atoms with E-state index in [9.17, 15) is 14.4 Å². The molecule has 0 saturated carbocycles. The maximum absolute atomic E-state index is 13.1. The Labute approximate surface area is 296 Å². The number of carbonyl (C=O) groups excluding carboxylic acids is 3. The molecule has 0 fully saturated rings. The van der Waals surface area contributed by atoms with Crippen LogP contribution in [0.15, 0.2) is 0 Å². The molecular formula is C40H76NO7. The summed E-state index contributed by atoms with van der Waals surface area (Å²) < 4.78 is 23.4. The van der Waals surface area contributed by atoms with Crippen molar-refractivity contribution in [3.8, 4) is 0 Å². The second-order valence-corrected chi connectivity index (χ2v) is 14.1. The molecule has 0 aliphatic heterocycles. The number of esters is 2. The Bertz CT molecular complexity index is 762. The molecule has 0 spiro atoms. The molecule has 1 radical (unpaired) electrons. The summed E-state index contributed by atoms with van der Waals surface area (Å²) in [5.41, 5.74) is -1.12. The normalized spacial score (nSPS) is 13.4. The zero-order valence-corrected chi connectivity index (χ0v) is 32.3. The van der Waals surface area contributed by atoms with E-state index in [1.54, 1.807) is 0 Å². The molecule has 0 rings (SSSR count). The quantitative estimate of drug-likeness (QED) is 0.0384. The zero-order chi connectivity index (χ0) is 35.9. The Morgan fingerprint density at radius 1 is 0.625 bits per heavy atom. The van der Waals surface area contributed by atoms with Crippen LogP contribution < -0.4 is 0 Å². The lowest BCUT2D eigenvalue weighted by Crippen LogP contribution is -2.49. The third kappa shape index (κ3) is 24.3. The first-order valence-corrected chi connectivity index (χ1v) is 19.8. The topological polar surface area (TPSA) is 91.4 Å². The standard InChI is InChI=1S/C40H76NO7/c1-8-12-15-18-19-20-21-22-25-28-32-40(11-4,48-39(44)45-34-29-33-41(6)7)35(5)38(46-36(42)30-26-23-16-13-9-2)47-37(43)31-27-24-17-14-10-3/h35,38H,4,8-34H2,1-3,5-7H3. The summed E-state index contributed by atoms with van der Waals surface area (Å²) in [4.78, 5) is 41.2. The third-order valence-corrected chi connectivity index (χ3v) is 9.34. The van der Waals surface area contributed by atoms with Gasteiger partial charge < -0.3 is 23.8 Å². The molecule has 8 nitrogen and oxygen atoms in total. The largest absolute Gasteiger partial charge is 0.508 e. The van der Waals surface area contributed by atoms with Gasteiger partial charge >= 0.3 is 18.1 Å². The van der Waals surface area contributed by atoms with E-state index < -0.39 is 35.9 Å². The molecule has 0 amide bonds. The highest BCUT2D eigenvalue weighted by molar-refractivity contribution is 5.71. The summed E-state index contributed by atoms with van der Waals surface area (Å²) in [5.74, 6) is -1.43. The summed E-state index contributed by atoms with van der Waals surface area (Å²) in [7, 11) is 3.94. The lowest BCUT2D eigenvalue weighted by atomic mass is 9.80. The fourth-order valence-electron chi connectivity index (χ4n) is 6.02. The monoisotopic (exact) mass is 683 g/mol. The molecule has 0 bridgehead atoms. The van der Waals surface area contributed by atoms with Crippen LogP contribution in [0.1, 0.15) is 188 Å². The van der Waals surface area contributed by atoms with Crippen LogP contribution in [0.2, 0.25) is 0 Å². The molecule has 0 aliphatic carbocycles. The van der Waals surface area contributed by atoms with Gasteiger partial charge in [0.05, 0.1) is 12.5 Å². The molecule has 0 aromatic rings. The van der Waals surface area contributed by atoms with Gasteiger partial charge in [-0.25, -0.2) is 4.79 Å². The van der Waals surface area contributed by atoms with Crippen LogP contribution in [0.3, 0.4) is 0 Å². The lowest BCUT2D eigenvalue weighted by Gasteiger charge is -2.40. The first-order valence-electron chi connectivity index (χ1n) is 19.8. The fourth-order valence-corrected chi connectivity index (χ4v) is 6.02. The van der Waals surface area contributed by atoms with Crippen LogP contribution in [-0.4, -0.2) is 62.1 Å². The highest BCUT2D eigenvalue weighted by Crippen LogP contribution is 2.37. The highest BCUT2D eigenvalue weighted by atomic mass is 16.7. The van der Waals surface area contributed by atoms with Crippen LogP contribution in [0.5, 0.6) is 0 Å². The summed E-state index contributed by atoms with van der Waals surface area (Å²) >= 11 is 0. The first kappa shape index (κ1) is 46.2. The smallest absolute Gasteiger partial charge is 0.434 e. The number of nitrogens with zero attached hydrogens (tertiary/aromatic N) is 1. The van der Waals surface area contributed by atoms with E-state index in [4.69, 9.17) is 18.9 Å². The minimum atomic E-state index is -1.18. The van der Waals surface area contributed by atoms with Gasteiger partial charge in [-0.05, 0) is 59.5 Å². The summed E-state index contributed by atoms with van der Waals surface area (Å²) in [6, 6.07) is 0. The Hall–Kier alpha value is -1.83. The number of unbranched alkanes of at least 4 members (excludes halogenated alkanes) is 17. The van der Waals surface area contributed by atoms with Gasteiger partial charge in [-0.1, -0.05) is 137 Å². The molecule has 0 N–H and O–H groups in total. The van der Waals surface area contributed by atoms with Gasteiger partial charge in [-0.3, -0.25) is 9.59 Å². The van der Waals surface area contributed by atoms with Gasteiger partial charge in [0.2, 0.25) is 0 Å². The second-order valence-electron chi connectivity index (χ2n) is 14.1. The molecule has 0 heterocycles. The van der Waals surface area contributed by atoms with Gasteiger partial charge in [0.25, 0.3) is 6.29 Å². The van der Waals surface area contributed by atoms with E-state index in [1.807, 2.05) is 25.9 Å².